The molecule has 2 N–H and O–H groups in total. The van der Waals surface area contributed by atoms with E-state index in [-0.39, 0.29) is 50.9 Å². The molecule has 4 rings (SSSR count). The minimum Gasteiger partial charge on any atom is -1.00 e. The van der Waals surface area contributed by atoms with Crippen molar-refractivity contribution >= 4 is 17.0 Å². The molecule has 6 nitrogen and oxygen atoms in total. The first-order valence-electron chi connectivity index (χ1n) is 12.1. The average Bonchev–Trinajstić information content (AvgIpc) is 2.91. The van der Waals surface area contributed by atoms with E-state index in [0.29, 0.717) is 0 Å². The highest BCUT2D eigenvalue weighted by atomic mass is 79.9. The van der Waals surface area contributed by atoms with Crippen molar-refractivity contribution in [3.63, 3.8) is 0 Å². The lowest BCUT2D eigenvalue weighted by Gasteiger charge is -2.00. The zero-order valence-electron chi connectivity index (χ0n) is 21.2. The number of rotatable bonds is 12. The van der Waals surface area contributed by atoms with Gasteiger partial charge in [0.25, 0.3) is 0 Å². The summed E-state index contributed by atoms with van der Waals surface area (Å²) in [5, 5.41) is 6.88. The molecule has 0 aliphatic rings. The second kappa shape index (κ2) is 23.1. The molecule has 0 amide bonds. The van der Waals surface area contributed by atoms with E-state index in [1.54, 1.807) is 0 Å². The van der Waals surface area contributed by atoms with Crippen LogP contribution in [-0.2, 0) is 26.2 Å². The topological polar surface area (TPSA) is 39.6 Å². The van der Waals surface area contributed by atoms with E-state index < -0.39 is 0 Å². The Hall–Kier alpha value is -2.04. The number of nitrogens with zero attached hydrogens (tertiary/aromatic N) is 4. The van der Waals surface area contributed by atoms with Gasteiger partial charge in [0.1, 0.15) is 0 Å². The highest BCUT2D eigenvalue weighted by molar-refractivity contribution is 8.93. The zero-order valence-corrected chi connectivity index (χ0v) is 26.0. The first-order valence-corrected chi connectivity index (χ1v) is 12.1. The number of hydrogen-bond acceptors (Lipinski definition) is 2. The van der Waals surface area contributed by atoms with E-state index in [1.165, 1.54) is 0 Å². The van der Waals surface area contributed by atoms with E-state index >= 15 is 0 Å². The van der Waals surface area contributed by atoms with Gasteiger partial charge in [-0.2, -0.15) is 0 Å². The van der Waals surface area contributed by atoms with Gasteiger partial charge in [-0.25, -0.2) is 18.3 Å². The van der Waals surface area contributed by atoms with Crippen molar-refractivity contribution in [1.82, 2.24) is 10.6 Å². The van der Waals surface area contributed by atoms with Crippen LogP contribution in [0.25, 0.3) is 0 Å². The molecule has 0 saturated carbocycles. The lowest BCUT2D eigenvalue weighted by Crippen LogP contribution is -3.00. The van der Waals surface area contributed by atoms with E-state index in [9.17, 15) is 0 Å². The predicted molar refractivity (Wildman–Crippen MR) is 143 cm³/mol. The van der Waals surface area contributed by atoms with Crippen molar-refractivity contribution in [3.05, 3.63) is 122 Å². The summed E-state index contributed by atoms with van der Waals surface area (Å²) in [7, 11) is 0. The molecule has 0 bridgehead atoms. The maximum Gasteiger partial charge on any atom is 0.168 e. The fraction of sp³-hybridized carbons (Fsp3) is 0.286. The Labute approximate surface area is 253 Å². The molecule has 0 spiro atoms. The van der Waals surface area contributed by atoms with Crippen LogP contribution in [0.3, 0.4) is 0 Å². The summed E-state index contributed by atoms with van der Waals surface area (Å²) in [6, 6.07) is 24.6. The van der Waals surface area contributed by atoms with E-state index in [1.807, 2.05) is 24.3 Å². The minimum atomic E-state index is 0. The first-order chi connectivity index (χ1) is 16.9. The van der Waals surface area contributed by atoms with Crippen LogP contribution in [0.5, 0.6) is 0 Å². The van der Waals surface area contributed by atoms with Gasteiger partial charge in [-0.05, 0) is 0 Å². The lowest BCUT2D eigenvalue weighted by atomic mass is 10.4. The molecule has 0 aliphatic heterocycles. The first kappa shape index (κ1) is 35.0. The molecule has 9 heteroatoms. The Kier molecular flexibility index (Phi) is 21.8. The van der Waals surface area contributed by atoms with Gasteiger partial charge >= 0.3 is 0 Å². The van der Waals surface area contributed by atoms with Crippen LogP contribution in [0.4, 0.5) is 0 Å². The van der Waals surface area contributed by atoms with E-state index in [0.717, 1.165) is 52.4 Å². The summed E-state index contributed by atoms with van der Waals surface area (Å²) in [4.78, 5) is 0. The van der Waals surface area contributed by atoms with E-state index in [4.69, 9.17) is 0 Å². The summed E-state index contributed by atoms with van der Waals surface area (Å²) in [5.74, 6) is 0. The molecule has 0 saturated heterocycles. The fourth-order valence-electron chi connectivity index (χ4n) is 3.42. The van der Waals surface area contributed by atoms with Gasteiger partial charge in [0.05, 0.1) is 26.2 Å². The molecule has 0 unspecified atom stereocenters. The average molecular weight is 699 g/mol. The maximum absolute atomic E-state index is 3.44. The Balaban J connectivity index is 0.000000648. The Morgan fingerprint density at radius 2 is 0.514 bits per heavy atom. The molecule has 4 aromatic heterocycles. The van der Waals surface area contributed by atoms with Crippen molar-refractivity contribution in [2.45, 2.75) is 26.2 Å². The number of hydrogen-bond donors (Lipinski definition) is 2. The molecule has 0 radical (unpaired) electrons. The van der Waals surface area contributed by atoms with Gasteiger partial charge < -0.3 is 44.6 Å². The highest BCUT2D eigenvalue weighted by Gasteiger charge is 2.00. The van der Waals surface area contributed by atoms with Crippen molar-refractivity contribution in [2.75, 3.05) is 26.2 Å². The van der Waals surface area contributed by atoms with Gasteiger partial charge in [0, 0.05) is 48.5 Å². The Morgan fingerprint density at radius 3 is 0.703 bits per heavy atom. The third-order valence-electron chi connectivity index (χ3n) is 5.30. The second-order valence-electron chi connectivity index (χ2n) is 7.95. The molecule has 37 heavy (non-hydrogen) atoms. The Bertz CT molecular complexity index is 845. The molecule has 0 fully saturated rings. The van der Waals surface area contributed by atoms with Gasteiger partial charge in [-0.3, -0.25) is 0 Å². The third kappa shape index (κ3) is 16.4. The fourth-order valence-corrected chi connectivity index (χ4v) is 3.42. The van der Waals surface area contributed by atoms with Gasteiger partial charge in [0.15, 0.2) is 75.8 Å². The Morgan fingerprint density at radius 1 is 0.324 bits per heavy atom. The van der Waals surface area contributed by atoms with Crippen molar-refractivity contribution in [3.8, 4) is 0 Å². The summed E-state index contributed by atoms with van der Waals surface area (Å²) in [6.07, 6.45) is 16.7. The second-order valence-corrected chi connectivity index (χ2v) is 7.95. The predicted octanol–water partition coefficient (Wildman–Crippen LogP) is -4.31. The normalized spacial score (nSPS) is 9.51. The highest BCUT2D eigenvalue weighted by Crippen LogP contribution is 1.79. The monoisotopic (exact) mass is 696 g/mol. The van der Waals surface area contributed by atoms with Crippen LogP contribution in [0.1, 0.15) is 0 Å². The molecule has 0 aromatic carbocycles. The van der Waals surface area contributed by atoms with Crippen LogP contribution in [0.2, 0.25) is 0 Å². The lowest BCUT2D eigenvalue weighted by molar-refractivity contribution is -0.698. The van der Waals surface area contributed by atoms with Gasteiger partial charge in [-0.1, -0.05) is 24.3 Å². The standard InChI is InChI=1S/2C14H19N3.3BrH/c2*1-3-9-16(10-4-1)13-7-15-8-14-17-11-5-2-6-12-17;;;/h2*1-6,9-12,15H,7-8,13-14H2;3*1H/q2*+2;;;/p-2. The molecule has 4 aromatic rings. The summed E-state index contributed by atoms with van der Waals surface area (Å²) in [6.45, 7) is 8.06. The molecular formula is C28H39Br3N6+2. The zero-order chi connectivity index (χ0) is 23.5. The van der Waals surface area contributed by atoms with Crippen LogP contribution < -0.4 is 62.9 Å². The largest absolute Gasteiger partial charge is 1.00 e. The quantitative estimate of drug-likeness (QED) is 0.116. The van der Waals surface area contributed by atoms with Crippen molar-refractivity contribution in [1.29, 1.82) is 0 Å². The number of halogens is 3. The number of nitrogens with one attached hydrogen (secondary N) is 2. The van der Waals surface area contributed by atoms with Crippen LogP contribution in [-0.4, -0.2) is 26.2 Å². The summed E-state index contributed by atoms with van der Waals surface area (Å²) in [5.41, 5.74) is 0. The molecular weight excluding hydrogens is 660 g/mol. The smallest absolute Gasteiger partial charge is 0.168 e. The summed E-state index contributed by atoms with van der Waals surface area (Å²) < 4.78 is 8.73. The third-order valence-corrected chi connectivity index (χ3v) is 5.30. The molecule has 0 aliphatic carbocycles. The molecule has 0 atom stereocenters. The minimum absolute atomic E-state index is 0. The van der Waals surface area contributed by atoms with Crippen LogP contribution in [0.15, 0.2) is 122 Å². The SMILES string of the molecule is Br.[Br-].[Br-].c1cc[n+](CCNCC[n+]2ccccc2)cc1.c1cc[n+](CCNCC[n+]2ccccc2)cc1. The van der Waals surface area contributed by atoms with Gasteiger partial charge in [0.2, 0.25) is 0 Å². The van der Waals surface area contributed by atoms with Crippen molar-refractivity contribution in [2.24, 2.45) is 0 Å². The van der Waals surface area contributed by atoms with Crippen LogP contribution >= 0.6 is 17.0 Å². The number of aromatic nitrogens is 4. The van der Waals surface area contributed by atoms with Crippen LogP contribution in [0, 0.1) is 0 Å². The molecule has 4 heterocycles. The summed E-state index contributed by atoms with van der Waals surface area (Å²) >= 11 is 0. The van der Waals surface area contributed by atoms with Gasteiger partial charge in [-0.15, -0.1) is 17.0 Å². The maximum atomic E-state index is 3.44. The molecule has 200 valence electrons. The van der Waals surface area contributed by atoms with E-state index in [2.05, 4.69) is 127 Å². The van der Waals surface area contributed by atoms with Crippen molar-refractivity contribution < 1.29 is 52.2 Å². The number of pyridine rings is 4.